The molecule has 0 saturated carbocycles. The van der Waals surface area contributed by atoms with E-state index in [1.807, 2.05) is 0 Å². The molecule has 9 heteroatoms. The Labute approximate surface area is 159 Å². The molecule has 1 aromatic carbocycles. The molecule has 3 heterocycles. The number of fused-ring (bicyclic) bond motifs is 1. The van der Waals surface area contributed by atoms with Gasteiger partial charge in [0.1, 0.15) is 18.0 Å². The van der Waals surface area contributed by atoms with E-state index in [1.54, 1.807) is 12.1 Å². The highest BCUT2D eigenvalue weighted by atomic mass is 35.5. The lowest BCUT2D eigenvalue weighted by Gasteiger charge is -2.29. The molecule has 27 heavy (non-hydrogen) atoms. The minimum absolute atomic E-state index is 0.0687. The topological polar surface area (TPSA) is 80.0 Å². The summed E-state index contributed by atoms with van der Waals surface area (Å²) in [5.74, 6) is 0.930. The van der Waals surface area contributed by atoms with E-state index in [0.717, 1.165) is 37.4 Å². The molecule has 0 bridgehead atoms. The quantitative estimate of drug-likeness (QED) is 0.714. The van der Waals surface area contributed by atoms with Crippen LogP contribution in [-0.4, -0.2) is 41.1 Å². The van der Waals surface area contributed by atoms with E-state index in [4.69, 9.17) is 17.3 Å². The smallest absolute Gasteiger partial charge is 0.265 e. The van der Waals surface area contributed by atoms with Crippen molar-refractivity contribution in [3.05, 3.63) is 41.2 Å². The van der Waals surface area contributed by atoms with E-state index < -0.39 is 6.43 Å². The molecule has 0 spiro atoms. The normalized spacial score (nSPS) is 14.9. The third-order valence-corrected chi connectivity index (χ3v) is 4.87. The first kappa shape index (κ1) is 17.8. The molecule has 0 radical (unpaired) electrons. The van der Waals surface area contributed by atoms with E-state index in [-0.39, 0.29) is 17.1 Å². The number of nitrogen functional groups attached to an aromatic ring is 1. The Hall–Kier alpha value is -2.58. The van der Waals surface area contributed by atoms with Crippen molar-refractivity contribution in [2.75, 3.05) is 36.8 Å². The van der Waals surface area contributed by atoms with Gasteiger partial charge in [0.15, 0.2) is 0 Å². The van der Waals surface area contributed by atoms with Gasteiger partial charge >= 0.3 is 0 Å². The summed E-state index contributed by atoms with van der Waals surface area (Å²) in [6.07, 6.45) is -1.22. The standard InChI is InChI=1S/C18H17ClF2N6/c19-13-7-12-14(24-9-25-18(12)27-5-3-23-4-6-27)8-11(13)16-10(17(20)21)1-2-15(22)26-16/h1-2,7-9,17,23H,3-6H2,(H2,22,26). The van der Waals surface area contributed by atoms with Crippen LogP contribution in [0.1, 0.15) is 12.0 Å². The predicted molar refractivity (Wildman–Crippen MR) is 102 cm³/mol. The lowest BCUT2D eigenvalue weighted by atomic mass is 10.0. The highest BCUT2D eigenvalue weighted by Crippen LogP contribution is 2.38. The Morgan fingerprint density at radius 3 is 2.67 bits per heavy atom. The summed E-state index contributed by atoms with van der Waals surface area (Å²) < 4.78 is 26.9. The fourth-order valence-electron chi connectivity index (χ4n) is 3.25. The molecule has 2 aromatic heterocycles. The maximum atomic E-state index is 13.4. The van der Waals surface area contributed by atoms with Crippen LogP contribution < -0.4 is 16.0 Å². The molecule has 1 aliphatic heterocycles. The number of alkyl halides is 2. The van der Waals surface area contributed by atoms with Gasteiger partial charge in [-0.3, -0.25) is 0 Å². The van der Waals surface area contributed by atoms with E-state index in [0.29, 0.717) is 16.1 Å². The van der Waals surface area contributed by atoms with Crippen LogP contribution in [0.3, 0.4) is 0 Å². The molecular weight excluding hydrogens is 374 g/mol. The number of rotatable bonds is 3. The van der Waals surface area contributed by atoms with Crippen molar-refractivity contribution in [3.63, 3.8) is 0 Å². The van der Waals surface area contributed by atoms with Gasteiger partial charge in [-0.15, -0.1) is 0 Å². The fourth-order valence-corrected chi connectivity index (χ4v) is 3.50. The van der Waals surface area contributed by atoms with Crippen molar-refractivity contribution in [2.45, 2.75) is 6.43 Å². The lowest BCUT2D eigenvalue weighted by molar-refractivity contribution is 0.151. The van der Waals surface area contributed by atoms with Crippen molar-refractivity contribution < 1.29 is 8.78 Å². The molecule has 1 aliphatic rings. The van der Waals surface area contributed by atoms with Gasteiger partial charge in [0, 0.05) is 42.7 Å². The summed E-state index contributed by atoms with van der Waals surface area (Å²) in [7, 11) is 0. The lowest BCUT2D eigenvalue weighted by Crippen LogP contribution is -2.44. The molecule has 3 N–H and O–H groups in total. The zero-order valence-corrected chi connectivity index (χ0v) is 15.0. The van der Waals surface area contributed by atoms with Gasteiger partial charge in [-0.25, -0.2) is 23.7 Å². The second-order valence-corrected chi connectivity index (χ2v) is 6.67. The maximum absolute atomic E-state index is 13.4. The first-order chi connectivity index (χ1) is 13.0. The van der Waals surface area contributed by atoms with Crippen LogP contribution in [0.5, 0.6) is 0 Å². The SMILES string of the molecule is Nc1ccc(C(F)F)c(-c2cc3ncnc(N4CCNCC4)c3cc2Cl)n1. The van der Waals surface area contributed by atoms with Gasteiger partial charge in [0.05, 0.1) is 16.2 Å². The Balaban J connectivity index is 1.88. The van der Waals surface area contributed by atoms with Crippen LogP contribution in [0.4, 0.5) is 20.4 Å². The third-order valence-electron chi connectivity index (χ3n) is 4.56. The number of hydrogen-bond acceptors (Lipinski definition) is 6. The van der Waals surface area contributed by atoms with Crippen LogP contribution in [0.25, 0.3) is 22.2 Å². The molecule has 0 unspecified atom stereocenters. The summed E-state index contributed by atoms with van der Waals surface area (Å²) in [5.41, 5.74) is 6.55. The number of halogens is 3. The average molecular weight is 391 g/mol. The summed E-state index contributed by atoms with van der Waals surface area (Å²) >= 11 is 6.47. The van der Waals surface area contributed by atoms with Crippen molar-refractivity contribution in [1.29, 1.82) is 0 Å². The molecule has 1 fully saturated rings. The van der Waals surface area contributed by atoms with Gasteiger partial charge in [0.25, 0.3) is 6.43 Å². The fraction of sp³-hybridized carbons (Fsp3) is 0.278. The maximum Gasteiger partial charge on any atom is 0.265 e. The highest BCUT2D eigenvalue weighted by molar-refractivity contribution is 6.34. The number of nitrogens with zero attached hydrogens (tertiary/aromatic N) is 4. The predicted octanol–water partition coefficient (Wildman–Crippen LogP) is 3.27. The van der Waals surface area contributed by atoms with Gasteiger partial charge in [-0.1, -0.05) is 11.6 Å². The molecule has 0 amide bonds. The minimum Gasteiger partial charge on any atom is -0.384 e. The van der Waals surface area contributed by atoms with Gasteiger partial charge in [-0.05, 0) is 24.3 Å². The second kappa shape index (κ2) is 7.21. The first-order valence-electron chi connectivity index (χ1n) is 8.49. The van der Waals surface area contributed by atoms with Crippen LogP contribution in [0, 0.1) is 0 Å². The third kappa shape index (κ3) is 3.38. The van der Waals surface area contributed by atoms with Crippen LogP contribution >= 0.6 is 11.6 Å². The molecule has 1 saturated heterocycles. The molecule has 3 aromatic rings. The van der Waals surface area contributed by atoms with Gasteiger partial charge < -0.3 is 16.0 Å². The van der Waals surface area contributed by atoms with Crippen LogP contribution in [0.2, 0.25) is 5.02 Å². The van der Waals surface area contributed by atoms with Crippen molar-refractivity contribution in [3.8, 4) is 11.3 Å². The first-order valence-corrected chi connectivity index (χ1v) is 8.87. The summed E-state index contributed by atoms with van der Waals surface area (Å²) in [6, 6.07) is 6.00. The van der Waals surface area contributed by atoms with E-state index in [2.05, 4.69) is 25.2 Å². The number of anilines is 2. The van der Waals surface area contributed by atoms with Crippen molar-refractivity contribution >= 4 is 34.1 Å². The number of piperazine rings is 1. The monoisotopic (exact) mass is 390 g/mol. The van der Waals surface area contributed by atoms with Gasteiger partial charge in [0.2, 0.25) is 0 Å². The summed E-state index contributed by atoms with van der Waals surface area (Å²) in [6.45, 7) is 3.36. The van der Waals surface area contributed by atoms with E-state index >= 15 is 0 Å². The zero-order valence-electron chi connectivity index (χ0n) is 14.3. The summed E-state index contributed by atoms with van der Waals surface area (Å²) in [5, 5.41) is 4.37. The van der Waals surface area contributed by atoms with Crippen LogP contribution in [0.15, 0.2) is 30.6 Å². The van der Waals surface area contributed by atoms with Gasteiger partial charge in [-0.2, -0.15) is 0 Å². The number of hydrogen-bond donors (Lipinski definition) is 2. The molecule has 0 atom stereocenters. The van der Waals surface area contributed by atoms with E-state index in [1.165, 1.54) is 18.5 Å². The largest absolute Gasteiger partial charge is 0.384 e. The van der Waals surface area contributed by atoms with Crippen molar-refractivity contribution in [2.24, 2.45) is 0 Å². The number of pyridine rings is 1. The zero-order chi connectivity index (χ0) is 19.0. The van der Waals surface area contributed by atoms with E-state index in [9.17, 15) is 8.78 Å². The number of nitrogens with one attached hydrogen (secondary N) is 1. The molecule has 140 valence electrons. The van der Waals surface area contributed by atoms with Crippen LogP contribution in [-0.2, 0) is 0 Å². The summed E-state index contributed by atoms with van der Waals surface area (Å²) in [4.78, 5) is 15.0. The molecular formula is C18H17ClF2N6. The Morgan fingerprint density at radius 1 is 1.15 bits per heavy atom. The highest BCUT2D eigenvalue weighted by Gasteiger charge is 2.21. The Bertz CT molecular complexity index is 991. The Kier molecular flexibility index (Phi) is 4.75. The number of nitrogens with two attached hydrogens (primary N) is 1. The second-order valence-electron chi connectivity index (χ2n) is 6.26. The number of aromatic nitrogens is 3. The molecule has 4 rings (SSSR count). The van der Waals surface area contributed by atoms with Crippen molar-refractivity contribution in [1.82, 2.24) is 20.3 Å². The average Bonchev–Trinajstić information content (AvgIpc) is 2.67. The molecule has 0 aliphatic carbocycles. The molecule has 6 nitrogen and oxygen atoms in total. The Morgan fingerprint density at radius 2 is 1.93 bits per heavy atom. The minimum atomic E-state index is -2.69. The number of benzene rings is 1.